The van der Waals surface area contributed by atoms with Crippen LogP contribution < -0.4 is 20.7 Å². The Morgan fingerprint density at radius 1 is 1.08 bits per heavy atom. The van der Waals surface area contributed by atoms with Crippen LogP contribution in [0.3, 0.4) is 0 Å². The van der Waals surface area contributed by atoms with Gasteiger partial charge in [-0.15, -0.1) is 0 Å². The first-order valence-corrected chi connectivity index (χ1v) is 8.80. The van der Waals surface area contributed by atoms with Gasteiger partial charge in [-0.05, 0) is 29.8 Å². The van der Waals surface area contributed by atoms with Gasteiger partial charge in [-0.25, -0.2) is 0 Å². The van der Waals surface area contributed by atoms with Crippen LogP contribution in [0.5, 0.6) is 5.75 Å². The monoisotopic (exact) mass is 339 g/mol. The highest BCUT2D eigenvalue weighted by Crippen LogP contribution is 2.19. The predicted octanol–water partition coefficient (Wildman–Crippen LogP) is 1.67. The van der Waals surface area contributed by atoms with Crippen LogP contribution in [-0.2, 0) is 6.42 Å². The van der Waals surface area contributed by atoms with Crippen LogP contribution in [0.1, 0.15) is 5.56 Å². The molecular formula is C20H27N4O+. The van der Waals surface area contributed by atoms with Crippen molar-refractivity contribution in [3.05, 3.63) is 60.2 Å². The molecule has 0 aliphatic carbocycles. The summed E-state index contributed by atoms with van der Waals surface area (Å²) in [6.07, 6.45) is 0.980. The number of nitrogens with zero attached hydrogens (tertiary/aromatic N) is 2. The van der Waals surface area contributed by atoms with Gasteiger partial charge in [0.15, 0.2) is 0 Å². The Hall–Kier alpha value is -2.69. The Morgan fingerprint density at radius 3 is 2.40 bits per heavy atom. The molecule has 2 aromatic carbocycles. The summed E-state index contributed by atoms with van der Waals surface area (Å²) in [5.41, 5.74) is 8.79. The molecule has 1 saturated heterocycles. The number of ether oxygens (including phenoxy) is 1. The fraction of sp³-hybridized carbons (Fsp3) is 0.350. The van der Waals surface area contributed by atoms with Crippen LogP contribution >= 0.6 is 0 Å². The smallest absolute Gasteiger partial charge is 0.343 e. The second-order valence-electron chi connectivity index (χ2n) is 6.22. The summed E-state index contributed by atoms with van der Waals surface area (Å²) in [4.78, 5) is 2.38. The predicted molar refractivity (Wildman–Crippen MR) is 103 cm³/mol. The molecule has 0 saturated carbocycles. The van der Waals surface area contributed by atoms with Crippen LogP contribution in [-0.4, -0.2) is 50.4 Å². The first-order chi connectivity index (χ1) is 12.3. The van der Waals surface area contributed by atoms with E-state index in [0.717, 1.165) is 50.9 Å². The molecule has 132 valence electrons. The molecule has 2 aromatic rings. The molecule has 1 aliphatic rings. The van der Waals surface area contributed by atoms with Gasteiger partial charge in [0.1, 0.15) is 5.75 Å². The zero-order chi connectivity index (χ0) is 17.5. The SMILES string of the molecule is COc1ccc(N2CC[N+](=C(N)NCCc3ccccc3)CC2)cc1. The van der Waals surface area contributed by atoms with Crippen molar-refractivity contribution in [1.29, 1.82) is 0 Å². The number of guanidine groups is 1. The molecule has 0 atom stereocenters. The third-order valence-electron chi connectivity index (χ3n) is 4.62. The van der Waals surface area contributed by atoms with Gasteiger partial charge < -0.3 is 9.64 Å². The molecule has 0 spiro atoms. The number of hydrogen-bond acceptors (Lipinski definition) is 2. The van der Waals surface area contributed by atoms with Crippen molar-refractivity contribution in [1.82, 2.24) is 5.32 Å². The van der Waals surface area contributed by atoms with E-state index in [-0.39, 0.29) is 0 Å². The fourth-order valence-electron chi connectivity index (χ4n) is 3.09. The topological polar surface area (TPSA) is 53.5 Å². The van der Waals surface area contributed by atoms with Gasteiger partial charge in [-0.2, -0.15) is 0 Å². The summed E-state index contributed by atoms with van der Waals surface area (Å²) in [5.74, 6) is 1.67. The van der Waals surface area contributed by atoms with Crippen LogP contribution in [0.15, 0.2) is 54.6 Å². The first-order valence-electron chi connectivity index (χ1n) is 8.80. The lowest BCUT2D eigenvalue weighted by Crippen LogP contribution is -2.50. The highest BCUT2D eigenvalue weighted by molar-refractivity contribution is 5.72. The van der Waals surface area contributed by atoms with E-state index in [4.69, 9.17) is 10.5 Å². The number of rotatable bonds is 5. The van der Waals surface area contributed by atoms with Gasteiger partial charge in [0.2, 0.25) is 0 Å². The zero-order valence-corrected chi connectivity index (χ0v) is 14.8. The molecule has 1 fully saturated rings. The maximum absolute atomic E-state index is 6.23. The summed E-state index contributed by atoms with van der Waals surface area (Å²) in [5, 5.41) is 3.36. The Labute approximate surface area is 149 Å². The van der Waals surface area contributed by atoms with Crippen LogP contribution in [0.2, 0.25) is 0 Å². The average molecular weight is 339 g/mol. The quantitative estimate of drug-likeness (QED) is 0.643. The number of hydrogen-bond donors (Lipinski definition) is 2. The molecule has 5 heteroatoms. The molecular weight excluding hydrogens is 312 g/mol. The van der Waals surface area contributed by atoms with Crippen molar-refractivity contribution in [2.24, 2.45) is 5.73 Å². The van der Waals surface area contributed by atoms with E-state index in [1.165, 1.54) is 11.3 Å². The molecule has 3 N–H and O–H groups in total. The lowest BCUT2D eigenvalue weighted by molar-refractivity contribution is -0.532. The van der Waals surface area contributed by atoms with Crippen molar-refractivity contribution >= 4 is 11.6 Å². The van der Waals surface area contributed by atoms with E-state index in [9.17, 15) is 0 Å². The second-order valence-corrected chi connectivity index (χ2v) is 6.22. The van der Waals surface area contributed by atoms with Gasteiger partial charge in [-0.3, -0.25) is 15.6 Å². The van der Waals surface area contributed by atoms with E-state index in [2.05, 4.69) is 51.2 Å². The van der Waals surface area contributed by atoms with Crippen LogP contribution in [0.25, 0.3) is 0 Å². The van der Waals surface area contributed by atoms with E-state index in [0.29, 0.717) is 0 Å². The van der Waals surface area contributed by atoms with Gasteiger partial charge >= 0.3 is 5.96 Å². The van der Waals surface area contributed by atoms with E-state index in [1.54, 1.807) is 7.11 Å². The van der Waals surface area contributed by atoms with E-state index in [1.807, 2.05) is 18.2 Å². The average Bonchev–Trinajstić information content (AvgIpc) is 2.69. The standard InChI is InChI=1S/C20H26N4O/c1-25-19-9-7-18(8-10-19)23-13-15-24(16-14-23)20(21)22-12-11-17-5-3-2-4-6-17/h2-10H,11-16H2,1H3,(H2,21,22)/p+1. The molecule has 0 unspecified atom stereocenters. The summed E-state index contributed by atoms with van der Waals surface area (Å²) < 4.78 is 7.45. The molecule has 0 radical (unpaired) electrons. The van der Waals surface area contributed by atoms with Crippen molar-refractivity contribution in [3.8, 4) is 5.75 Å². The number of methoxy groups -OCH3 is 1. The summed E-state index contributed by atoms with van der Waals surface area (Å²) in [6.45, 7) is 4.64. The maximum atomic E-state index is 6.23. The minimum absolute atomic E-state index is 0.783. The summed E-state index contributed by atoms with van der Waals surface area (Å²) >= 11 is 0. The lowest BCUT2D eigenvalue weighted by Gasteiger charge is -2.30. The maximum Gasteiger partial charge on any atom is 0.343 e. The third-order valence-corrected chi connectivity index (χ3v) is 4.62. The zero-order valence-electron chi connectivity index (χ0n) is 14.8. The van der Waals surface area contributed by atoms with Crippen LogP contribution in [0.4, 0.5) is 5.69 Å². The largest absolute Gasteiger partial charge is 0.497 e. The highest BCUT2D eigenvalue weighted by atomic mass is 16.5. The molecule has 3 rings (SSSR count). The second kappa shape index (κ2) is 8.42. The van der Waals surface area contributed by atoms with Crippen LogP contribution in [0, 0.1) is 0 Å². The Morgan fingerprint density at radius 2 is 1.76 bits per heavy atom. The Kier molecular flexibility index (Phi) is 5.77. The van der Waals surface area contributed by atoms with Gasteiger partial charge in [0, 0.05) is 25.2 Å². The molecule has 0 aromatic heterocycles. The molecule has 0 bridgehead atoms. The Balaban J connectivity index is 1.49. The highest BCUT2D eigenvalue weighted by Gasteiger charge is 2.18. The molecule has 1 heterocycles. The van der Waals surface area contributed by atoms with Crippen molar-refractivity contribution in [2.45, 2.75) is 6.42 Å². The number of nitrogens with one attached hydrogen (secondary N) is 1. The van der Waals surface area contributed by atoms with Crippen molar-refractivity contribution < 1.29 is 9.31 Å². The number of anilines is 1. The van der Waals surface area contributed by atoms with Crippen molar-refractivity contribution in [2.75, 3.05) is 44.7 Å². The van der Waals surface area contributed by atoms with Gasteiger partial charge in [0.05, 0.1) is 26.7 Å². The number of nitrogens with two attached hydrogens (primary N) is 1. The Bertz CT molecular complexity index is 687. The van der Waals surface area contributed by atoms with E-state index < -0.39 is 0 Å². The minimum Gasteiger partial charge on any atom is -0.497 e. The van der Waals surface area contributed by atoms with Crippen molar-refractivity contribution in [3.63, 3.8) is 0 Å². The van der Waals surface area contributed by atoms with Gasteiger partial charge in [-0.1, -0.05) is 30.3 Å². The summed E-state index contributed by atoms with van der Waals surface area (Å²) in [6, 6.07) is 18.7. The first kappa shape index (κ1) is 17.1. The molecule has 25 heavy (non-hydrogen) atoms. The van der Waals surface area contributed by atoms with E-state index >= 15 is 0 Å². The molecule has 0 amide bonds. The fourth-order valence-corrected chi connectivity index (χ4v) is 3.09. The number of benzene rings is 2. The summed E-state index contributed by atoms with van der Waals surface area (Å²) in [7, 11) is 1.69. The third kappa shape index (κ3) is 4.66. The normalized spacial score (nSPS) is 14.3. The molecule has 1 aliphatic heterocycles. The minimum atomic E-state index is 0.783. The molecule has 5 nitrogen and oxygen atoms in total. The number of piperazine rings is 1. The lowest BCUT2D eigenvalue weighted by atomic mass is 10.1. The van der Waals surface area contributed by atoms with Gasteiger partial charge in [0.25, 0.3) is 0 Å².